The Hall–Kier alpha value is -3.09. The number of amides is 2. The van der Waals surface area contributed by atoms with Gasteiger partial charge in [-0.15, -0.1) is 0 Å². The number of benzene rings is 2. The average Bonchev–Trinajstić information content (AvgIpc) is 3.09. The number of nitrogens with one attached hydrogen (secondary N) is 1. The van der Waals surface area contributed by atoms with Crippen molar-refractivity contribution in [1.82, 2.24) is 5.32 Å². The van der Waals surface area contributed by atoms with E-state index in [-0.39, 0.29) is 24.8 Å². The zero-order chi connectivity index (χ0) is 20.1. The predicted octanol–water partition coefficient (Wildman–Crippen LogP) is 2.55. The molecular weight excluding hydrogens is 363 g/mol. The maximum atomic E-state index is 13.4. The summed E-state index contributed by atoms with van der Waals surface area (Å²) in [6.45, 7) is 0.698. The van der Waals surface area contributed by atoms with Crippen LogP contribution in [-0.2, 0) is 16.0 Å². The van der Waals surface area contributed by atoms with Gasteiger partial charge in [-0.2, -0.15) is 0 Å². The van der Waals surface area contributed by atoms with Crippen molar-refractivity contribution in [3.05, 3.63) is 53.8 Å². The van der Waals surface area contributed by atoms with Gasteiger partial charge in [0.15, 0.2) is 11.5 Å². The topological polar surface area (TPSA) is 67.9 Å². The lowest BCUT2D eigenvalue weighted by Gasteiger charge is -2.16. The van der Waals surface area contributed by atoms with Crippen LogP contribution in [0.25, 0.3) is 0 Å². The van der Waals surface area contributed by atoms with E-state index in [9.17, 15) is 14.0 Å². The Bertz CT molecular complexity index is 871. The Kier molecular flexibility index (Phi) is 6.13. The fourth-order valence-corrected chi connectivity index (χ4v) is 3.29. The molecule has 1 heterocycles. The summed E-state index contributed by atoms with van der Waals surface area (Å²) < 4.78 is 23.9. The van der Waals surface area contributed by atoms with E-state index in [0.29, 0.717) is 30.2 Å². The first-order valence-corrected chi connectivity index (χ1v) is 9.06. The minimum atomic E-state index is -0.443. The van der Waals surface area contributed by atoms with Crippen molar-refractivity contribution in [1.29, 1.82) is 0 Å². The van der Waals surface area contributed by atoms with E-state index in [1.807, 2.05) is 18.2 Å². The molecule has 1 saturated heterocycles. The second-order valence-electron chi connectivity index (χ2n) is 6.62. The summed E-state index contributed by atoms with van der Waals surface area (Å²) in [7, 11) is 3.15. The summed E-state index contributed by atoms with van der Waals surface area (Å²) in [5.41, 5.74) is 1.48. The van der Waals surface area contributed by atoms with E-state index in [2.05, 4.69) is 5.32 Å². The predicted molar refractivity (Wildman–Crippen MR) is 103 cm³/mol. The van der Waals surface area contributed by atoms with Gasteiger partial charge in [0, 0.05) is 25.2 Å². The molecule has 0 aromatic heterocycles. The van der Waals surface area contributed by atoms with Crippen LogP contribution in [0, 0.1) is 11.7 Å². The Balaban J connectivity index is 1.54. The van der Waals surface area contributed by atoms with Gasteiger partial charge in [-0.05, 0) is 42.3 Å². The standard InChI is InChI=1S/C21H23FN2O4/c1-27-18-7-6-14(10-19(18)28-2)8-9-23-21(26)15-11-20(25)24(13-15)17-5-3-4-16(22)12-17/h3-7,10,12,15H,8-9,11,13H2,1-2H3,(H,23,26). The van der Waals surface area contributed by atoms with Gasteiger partial charge in [0.2, 0.25) is 11.8 Å². The Morgan fingerprint density at radius 3 is 2.68 bits per heavy atom. The van der Waals surface area contributed by atoms with Gasteiger partial charge in [0.05, 0.1) is 20.1 Å². The number of methoxy groups -OCH3 is 2. The molecule has 2 amide bonds. The van der Waals surface area contributed by atoms with Crippen molar-refractivity contribution < 1.29 is 23.5 Å². The number of hydrogen-bond donors (Lipinski definition) is 1. The minimum Gasteiger partial charge on any atom is -0.493 e. The van der Waals surface area contributed by atoms with Crippen LogP contribution in [0.5, 0.6) is 11.5 Å². The molecule has 0 aliphatic carbocycles. The highest BCUT2D eigenvalue weighted by atomic mass is 19.1. The maximum Gasteiger partial charge on any atom is 0.227 e. The lowest BCUT2D eigenvalue weighted by Crippen LogP contribution is -2.34. The van der Waals surface area contributed by atoms with E-state index in [0.717, 1.165) is 5.56 Å². The molecule has 6 nitrogen and oxygen atoms in total. The van der Waals surface area contributed by atoms with Gasteiger partial charge in [0.1, 0.15) is 5.82 Å². The molecule has 2 aromatic carbocycles. The average molecular weight is 386 g/mol. The smallest absolute Gasteiger partial charge is 0.227 e. The third-order valence-electron chi connectivity index (χ3n) is 4.78. The molecule has 1 atom stereocenters. The summed E-state index contributed by atoms with van der Waals surface area (Å²) >= 11 is 0. The molecule has 0 bridgehead atoms. The number of ether oxygens (including phenoxy) is 2. The van der Waals surface area contributed by atoms with Crippen LogP contribution < -0.4 is 19.7 Å². The highest BCUT2D eigenvalue weighted by Crippen LogP contribution is 2.28. The molecule has 2 aromatic rings. The third kappa shape index (κ3) is 4.42. The number of carbonyl (C=O) groups is 2. The van der Waals surface area contributed by atoms with Crippen LogP contribution in [0.15, 0.2) is 42.5 Å². The summed E-state index contributed by atoms with van der Waals surface area (Å²) in [6.07, 6.45) is 0.749. The second kappa shape index (κ2) is 8.73. The van der Waals surface area contributed by atoms with Crippen molar-refractivity contribution in [2.75, 3.05) is 32.2 Å². The number of halogens is 1. The Morgan fingerprint density at radius 1 is 1.18 bits per heavy atom. The van der Waals surface area contributed by atoms with Gasteiger partial charge in [0.25, 0.3) is 0 Å². The maximum absolute atomic E-state index is 13.4. The first kappa shape index (κ1) is 19.7. The Labute approximate surface area is 163 Å². The van der Waals surface area contributed by atoms with Crippen LogP contribution in [0.1, 0.15) is 12.0 Å². The number of rotatable bonds is 7. The lowest BCUT2D eigenvalue weighted by atomic mass is 10.1. The monoisotopic (exact) mass is 386 g/mol. The van der Waals surface area contributed by atoms with Crippen LogP contribution in [0.2, 0.25) is 0 Å². The van der Waals surface area contributed by atoms with Gasteiger partial charge in [-0.25, -0.2) is 4.39 Å². The fourth-order valence-electron chi connectivity index (χ4n) is 3.29. The molecule has 28 heavy (non-hydrogen) atoms. The first-order chi connectivity index (χ1) is 13.5. The van der Waals surface area contributed by atoms with Gasteiger partial charge in [-0.3, -0.25) is 9.59 Å². The van der Waals surface area contributed by atoms with E-state index >= 15 is 0 Å². The molecule has 7 heteroatoms. The third-order valence-corrected chi connectivity index (χ3v) is 4.78. The molecule has 1 aliphatic rings. The summed E-state index contributed by atoms with van der Waals surface area (Å²) in [5.74, 6) is 0.0864. The molecular formula is C21H23FN2O4. The van der Waals surface area contributed by atoms with E-state index in [1.165, 1.54) is 17.0 Å². The molecule has 0 saturated carbocycles. The van der Waals surface area contributed by atoms with Crippen LogP contribution >= 0.6 is 0 Å². The number of carbonyl (C=O) groups excluding carboxylic acids is 2. The number of nitrogens with zero attached hydrogens (tertiary/aromatic N) is 1. The van der Waals surface area contributed by atoms with E-state index in [4.69, 9.17) is 9.47 Å². The summed E-state index contributed by atoms with van der Waals surface area (Å²) in [5, 5.41) is 2.88. The van der Waals surface area contributed by atoms with Gasteiger partial charge >= 0.3 is 0 Å². The molecule has 0 spiro atoms. The summed E-state index contributed by atoms with van der Waals surface area (Å²) in [4.78, 5) is 26.1. The quantitative estimate of drug-likeness (QED) is 0.794. The molecule has 0 radical (unpaired) electrons. The molecule has 1 fully saturated rings. The minimum absolute atomic E-state index is 0.124. The van der Waals surface area contributed by atoms with Crippen LogP contribution in [-0.4, -0.2) is 39.1 Å². The van der Waals surface area contributed by atoms with E-state index < -0.39 is 11.7 Å². The lowest BCUT2D eigenvalue weighted by molar-refractivity contribution is -0.126. The van der Waals surface area contributed by atoms with Crippen molar-refractivity contribution in [3.63, 3.8) is 0 Å². The molecule has 1 unspecified atom stereocenters. The zero-order valence-electron chi connectivity index (χ0n) is 15.9. The fraction of sp³-hybridized carbons (Fsp3) is 0.333. The Morgan fingerprint density at radius 2 is 1.96 bits per heavy atom. The van der Waals surface area contributed by atoms with Gasteiger partial charge in [-0.1, -0.05) is 12.1 Å². The van der Waals surface area contributed by atoms with Crippen molar-refractivity contribution >= 4 is 17.5 Å². The molecule has 1 N–H and O–H groups in total. The van der Waals surface area contributed by atoms with Crippen molar-refractivity contribution in [3.8, 4) is 11.5 Å². The van der Waals surface area contributed by atoms with Crippen molar-refractivity contribution in [2.45, 2.75) is 12.8 Å². The van der Waals surface area contributed by atoms with Crippen LogP contribution in [0.4, 0.5) is 10.1 Å². The molecule has 148 valence electrons. The van der Waals surface area contributed by atoms with Gasteiger partial charge < -0.3 is 19.7 Å². The van der Waals surface area contributed by atoms with E-state index in [1.54, 1.807) is 26.4 Å². The summed E-state index contributed by atoms with van der Waals surface area (Å²) in [6, 6.07) is 11.4. The van der Waals surface area contributed by atoms with Crippen molar-refractivity contribution in [2.24, 2.45) is 5.92 Å². The normalized spacial score (nSPS) is 16.2. The molecule has 1 aliphatic heterocycles. The SMILES string of the molecule is COc1ccc(CCNC(=O)C2CC(=O)N(c3cccc(F)c3)C2)cc1OC. The first-order valence-electron chi connectivity index (χ1n) is 9.06. The van der Waals surface area contributed by atoms with Crippen LogP contribution in [0.3, 0.4) is 0 Å². The largest absolute Gasteiger partial charge is 0.493 e. The molecule has 3 rings (SSSR count). The number of anilines is 1. The highest BCUT2D eigenvalue weighted by Gasteiger charge is 2.35. The second-order valence-corrected chi connectivity index (χ2v) is 6.62. The number of hydrogen-bond acceptors (Lipinski definition) is 4. The zero-order valence-corrected chi connectivity index (χ0v) is 15.9. The highest BCUT2D eigenvalue weighted by molar-refractivity contribution is 6.00.